The first kappa shape index (κ1) is 16.3. The van der Waals surface area contributed by atoms with Crippen molar-refractivity contribution in [3.8, 4) is 0 Å². The summed E-state index contributed by atoms with van der Waals surface area (Å²) in [5.74, 6) is 0. The van der Waals surface area contributed by atoms with Gasteiger partial charge < -0.3 is 4.13 Å². The number of thioether (sulfide) groups is 1. The molecule has 0 amide bonds. The summed E-state index contributed by atoms with van der Waals surface area (Å²) in [5, 5.41) is -0.897. The number of hydrogen-bond acceptors (Lipinski definition) is 5. The zero-order valence-electron chi connectivity index (χ0n) is 9.03. The van der Waals surface area contributed by atoms with Crippen LogP contribution in [0.1, 0.15) is 0 Å². The van der Waals surface area contributed by atoms with Gasteiger partial charge in [-0.15, -0.1) is 11.8 Å². The topological polar surface area (TPSA) is 82.4 Å². The fourth-order valence-electron chi connectivity index (χ4n) is 0.873. The van der Waals surface area contributed by atoms with Crippen molar-refractivity contribution in [2.75, 3.05) is 5.08 Å². The van der Waals surface area contributed by atoms with Crippen LogP contribution in [0.5, 0.6) is 0 Å². The molecular weight excluding hydrogens is 327 g/mol. The van der Waals surface area contributed by atoms with Crippen molar-refractivity contribution in [1.82, 2.24) is 0 Å². The Kier molecular flexibility index (Phi) is 4.87. The van der Waals surface area contributed by atoms with E-state index in [0.717, 1.165) is 0 Å². The Balaban J connectivity index is 2.74. The van der Waals surface area contributed by atoms with Crippen molar-refractivity contribution >= 4 is 31.8 Å². The lowest BCUT2D eigenvalue weighted by atomic mass is 10.4. The van der Waals surface area contributed by atoms with Crippen LogP contribution in [0.15, 0.2) is 35.2 Å². The molecule has 0 aliphatic heterocycles. The minimum atomic E-state index is -6.04. The average molecular weight is 334 g/mol. The fraction of sp³-hybridized carbons (Fsp3) is 0.250. The molecule has 0 aromatic heterocycles. The summed E-state index contributed by atoms with van der Waals surface area (Å²) < 4.78 is 81.4. The zero-order valence-corrected chi connectivity index (χ0v) is 11.5. The van der Waals surface area contributed by atoms with E-state index in [-0.39, 0.29) is 0 Å². The van der Waals surface area contributed by atoms with E-state index in [4.69, 9.17) is 0 Å². The maximum Gasteiger partial charge on any atom is 0.480 e. The minimum Gasteiger partial charge on any atom is -0.428 e. The Morgan fingerprint density at radius 2 is 1.58 bits per heavy atom. The lowest BCUT2D eigenvalue weighted by molar-refractivity contribution is -0.0425. The van der Waals surface area contributed by atoms with Crippen LogP contribution >= 0.6 is 11.8 Å². The molecular formula is C8H7F3NO4S3-. The molecule has 0 aliphatic carbocycles. The van der Waals surface area contributed by atoms with Crippen LogP contribution in [0.25, 0.3) is 4.13 Å². The highest BCUT2D eigenvalue weighted by atomic mass is 32.3. The van der Waals surface area contributed by atoms with Gasteiger partial charge >= 0.3 is 5.51 Å². The molecule has 0 fully saturated rings. The first-order chi connectivity index (χ1) is 8.54. The van der Waals surface area contributed by atoms with E-state index >= 15 is 0 Å². The monoisotopic (exact) mass is 334 g/mol. The maximum absolute atomic E-state index is 12.0. The van der Waals surface area contributed by atoms with Crippen LogP contribution in [-0.4, -0.2) is 27.4 Å². The fourth-order valence-corrected chi connectivity index (χ4v) is 4.46. The van der Waals surface area contributed by atoms with Crippen LogP contribution in [-0.2, 0) is 20.0 Å². The predicted octanol–water partition coefficient (Wildman–Crippen LogP) is 2.29. The summed E-state index contributed by atoms with van der Waals surface area (Å²) in [6.07, 6.45) is 0. The van der Waals surface area contributed by atoms with Crippen molar-refractivity contribution in [2.45, 2.75) is 10.4 Å². The van der Waals surface area contributed by atoms with Crippen molar-refractivity contribution in [3.05, 3.63) is 34.5 Å². The molecule has 0 heterocycles. The molecule has 0 radical (unpaired) electrons. The molecule has 0 bridgehead atoms. The highest BCUT2D eigenvalue weighted by molar-refractivity contribution is 8.19. The quantitative estimate of drug-likeness (QED) is 0.772. The van der Waals surface area contributed by atoms with Gasteiger partial charge in [-0.2, -0.15) is 13.2 Å². The van der Waals surface area contributed by atoms with Crippen molar-refractivity contribution in [3.63, 3.8) is 0 Å². The third-order valence-corrected chi connectivity index (χ3v) is 6.17. The van der Waals surface area contributed by atoms with Crippen LogP contribution in [0.3, 0.4) is 0 Å². The Morgan fingerprint density at radius 3 is 2.05 bits per heavy atom. The van der Waals surface area contributed by atoms with Crippen LogP contribution in [0.4, 0.5) is 13.2 Å². The van der Waals surface area contributed by atoms with E-state index in [0.29, 0.717) is 16.7 Å². The Hall–Kier alpha value is -0.780. The molecule has 0 saturated carbocycles. The molecule has 0 aliphatic rings. The summed E-state index contributed by atoms with van der Waals surface area (Å²) >= 11 is 0.665. The molecule has 1 aromatic rings. The maximum atomic E-state index is 12.0. The molecule has 0 saturated heterocycles. The van der Waals surface area contributed by atoms with Gasteiger partial charge in [0.25, 0.3) is 0 Å². The van der Waals surface area contributed by atoms with Crippen molar-refractivity contribution in [1.29, 1.82) is 0 Å². The SMILES string of the molecule is O=S(=O)(CSc1ccccc1)[N-]S(=O)(=O)C(F)(F)F. The first-order valence-electron chi connectivity index (χ1n) is 4.50. The smallest absolute Gasteiger partial charge is 0.428 e. The molecule has 1 rings (SSSR count). The van der Waals surface area contributed by atoms with E-state index in [1.54, 1.807) is 18.2 Å². The predicted molar refractivity (Wildman–Crippen MR) is 64.4 cm³/mol. The standard InChI is InChI=1S/C8H7F3NO4S3/c9-8(10,11)19(15,16)12-18(13,14)6-17-7-4-2-1-3-5-7/h1-5H,6H2/q-1. The van der Waals surface area contributed by atoms with Gasteiger partial charge in [0.2, 0.25) is 0 Å². The van der Waals surface area contributed by atoms with E-state index in [2.05, 4.69) is 0 Å². The lowest BCUT2D eigenvalue weighted by Gasteiger charge is -2.21. The summed E-state index contributed by atoms with van der Waals surface area (Å²) in [5.41, 5.74) is -5.72. The zero-order chi connectivity index (χ0) is 14.7. The molecule has 108 valence electrons. The second-order valence-corrected chi connectivity index (χ2v) is 8.03. The molecule has 1 aromatic carbocycles. The Labute approximate surface area is 112 Å². The van der Waals surface area contributed by atoms with E-state index in [9.17, 15) is 30.0 Å². The second-order valence-electron chi connectivity index (χ2n) is 3.15. The molecule has 11 heteroatoms. The lowest BCUT2D eigenvalue weighted by Crippen LogP contribution is -2.24. The molecule has 5 nitrogen and oxygen atoms in total. The van der Waals surface area contributed by atoms with Gasteiger partial charge in [0.1, 0.15) is 0 Å². The van der Waals surface area contributed by atoms with Gasteiger partial charge in [-0.3, -0.25) is 0 Å². The van der Waals surface area contributed by atoms with Crippen LogP contribution < -0.4 is 0 Å². The number of halogens is 3. The summed E-state index contributed by atoms with van der Waals surface area (Å²) in [6, 6.07) is 7.91. The summed E-state index contributed by atoms with van der Waals surface area (Å²) in [7, 11) is -10.8. The largest absolute Gasteiger partial charge is 0.480 e. The highest BCUT2D eigenvalue weighted by Crippen LogP contribution is 2.31. The highest BCUT2D eigenvalue weighted by Gasteiger charge is 2.40. The van der Waals surface area contributed by atoms with Gasteiger partial charge in [0.15, 0.2) is 10.0 Å². The minimum absolute atomic E-state index is 0.464. The Morgan fingerprint density at radius 1 is 1.05 bits per heavy atom. The third kappa shape index (κ3) is 5.01. The van der Waals surface area contributed by atoms with E-state index in [1.807, 2.05) is 4.13 Å². The van der Waals surface area contributed by atoms with Gasteiger partial charge in [0, 0.05) is 4.90 Å². The number of sulfonamides is 2. The number of rotatable bonds is 5. The number of benzene rings is 1. The molecule has 0 spiro atoms. The third-order valence-electron chi connectivity index (χ3n) is 1.62. The molecule has 0 atom stereocenters. The average Bonchev–Trinajstić information content (AvgIpc) is 2.25. The van der Waals surface area contributed by atoms with Gasteiger partial charge in [-0.05, 0) is 12.1 Å². The molecule has 19 heavy (non-hydrogen) atoms. The number of hydrogen-bond donors (Lipinski definition) is 0. The van der Waals surface area contributed by atoms with Gasteiger partial charge in [-0.25, -0.2) is 16.8 Å². The normalized spacial score (nSPS) is 13.4. The number of alkyl halides is 3. The van der Waals surface area contributed by atoms with E-state index < -0.39 is 30.6 Å². The Bertz CT molecular complexity index is 625. The van der Waals surface area contributed by atoms with Crippen molar-refractivity contribution < 1.29 is 30.0 Å². The van der Waals surface area contributed by atoms with E-state index in [1.165, 1.54) is 12.1 Å². The molecule has 0 unspecified atom stereocenters. The van der Waals surface area contributed by atoms with Crippen LogP contribution in [0.2, 0.25) is 0 Å². The van der Waals surface area contributed by atoms with Gasteiger partial charge in [-0.1, -0.05) is 18.2 Å². The van der Waals surface area contributed by atoms with Crippen LogP contribution in [0, 0.1) is 0 Å². The van der Waals surface area contributed by atoms with Gasteiger partial charge in [0.05, 0.1) is 15.1 Å². The first-order valence-corrected chi connectivity index (χ1v) is 8.53. The molecule has 0 N–H and O–H groups in total. The van der Waals surface area contributed by atoms with Crippen molar-refractivity contribution in [2.24, 2.45) is 0 Å². The second kappa shape index (κ2) is 5.69. The number of nitrogens with zero attached hydrogens (tertiary/aromatic N) is 1. The summed E-state index contributed by atoms with van der Waals surface area (Å²) in [4.78, 5) is 0.464. The summed E-state index contributed by atoms with van der Waals surface area (Å²) in [6.45, 7) is 0.